The van der Waals surface area contributed by atoms with Crippen molar-refractivity contribution in [2.45, 2.75) is 0 Å². The molecule has 0 fully saturated rings. The van der Waals surface area contributed by atoms with Gasteiger partial charge in [-0.25, -0.2) is 0 Å². The molecule has 0 spiro atoms. The number of ether oxygens (including phenoxy) is 1. The van der Waals surface area contributed by atoms with Crippen molar-refractivity contribution < 1.29 is 29.3 Å². The Hall–Kier alpha value is -3.35. The van der Waals surface area contributed by atoms with Gasteiger partial charge in [-0.15, -0.1) is 0 Å². The zero-order chi connectivity index (χ0) is 17.0. The van der Waals surface area contributed by atoms with E-state index in [1.54, 1.807) is 18.2 Å². The molecule has 0 unspecified atom stereocenters. The molecule has 2 aromatic carbocycles. The highest BCUT2D eigenvalue weighted by Crippen LogP contribution is 2.20. The lowest BCUT2D eigenvalue weighted by molar-refractivity contribution is -0.255. The van der Waals surface area contributed by atoms with E-state index >= 15 is 0 Å². The van der Waals surface area contributed by atoms with E-state index in [9.17, 15) is 24.6 Å². The summed E-state index contributed by atoms with van der Waals surface area (Å²) in [5.74, 6) is -3.40. The van der Waals surface area contributed by atoms with Gasteiger partial charge in [0.15, 0.2) is 0 Å². The molecule has 0 saturated heterocycles. The van der Waals surface area contributed by atoms with Gasteiger partial charge in [0, 0.05) is 5.69 Å². The monoisotopic (exact) mass is 313 g/mol. The Morgan fingerprint density at radius 2 is 1.52 bits per heavy atom. The van der Waals surface area contributed by atoms with Crippen LogP contribution in [0.4, 0.5) is 5.69 Å². The molecular weight excluding hydrogens is 302 g/mol. The van der Waals surface area contributed by atoms with E-state index in [1.807, 2.05) is 0 Å². The second-order valence-corrected chi connectivity index (χ2v) is 4.53. The number of rotatable bonds is 5. The van der Waals surface area contributed by atoms with Gasteiger partial charge >= 0.3 is 0 Å². The van der Waals surface area contributed by atoms with Crippen molar-refractivity contribution in [3.05, 3.63) is 59.2 Å². The van der Waals surface area contributed by atoms with Crippen LogP contribution in [0.25, 0.3) is 0 Å². The van der Waals surface area contributed by atoms with Gasteiger partial charge in [-0.3, -0.25) is 4.79 Å². The number of nitrogens with one attached hydrogen (secondary N) is 1. The quantitative estimate of drug-likeness (QED) is 0.807. The topological polar surface area (TPSA) is 119 Å². The van der Waals surface area contributed by atoms with Gasteiger partial charge in [0.2, 0.25) is 0 Å². The molecule has 0 bridgehead atoms. The largest absolute Gasteiger partial charge is 0.545 e. The SMILES string of the molecule is COc1ccccc1C(=O)Nc1cc(C(=O)[O-])cc(C(=O)[O-])c1. The Bertz CT molecular complexity index is 752. The number of carboxylic acid groups (broad SMARTS) is 2. The summed E-state index contributed by atoms with van der Waals surface area (Å²) in [5, 5.41) is 24.3. The van der Waals surface area contributed by atoms with Crippen LogP contribution in [-0.2, 0) is 0 Å². The molecule has 118 valence electrons. The van der Waals surface area contributed by atoms with E-state index < -0.39 is 17.8 Å². The third-order valence-corrected chi connectivity index (χ3v) is 3.01. The minimum absolute atomic E-state index is 0.0122. The van der Waals surface area contributed by atoms with E-state index in [1.165, 1.54) is 13.2 Å². The van der Waals surface area contributed by atoms with E-state index in [-0.39, 0.29) is 22.4 Å². The third kappa shape index (κ3) is 3.65. The van der Waals surface area contributed by atoms with E-state index in [4.69, 9.17) is 4.74 Å². The average Bonchev–Trinajstić information content (AvgIpc) is 2.54. The Labute approximate surface area is 131 Å². The molecule has 7 nitrogen and oxygen atoms in total. The number of para-hydroxylation sites is 1. The highest BCUT2D eigenvalue weighted by molar-refractivity contribution is 6.07. The molecule has 2 rings (SSSR count). The molecule has 0 aromatic heterocycles. The fourth-order valence-corrected chi connectivity index (χ4v) is 1.97. The van der Waals surface area contributed by atoms with E-state index in [2.05, 4.69) is 5.32 Å². The van der Waals surface area contributed by atoms with Gasteiger partial charge in [0.1, 0.15) is 5.75 Å². The van der Waals surface area contributed by atoms with Gasteiger partial charge in [0.25, 0.3) is 5.91 Å². The number of methoxy groups -OCH3 is 1. The maximum Gasteiger partial charge on any atom is 0.259 e. The maximum atomic E-state index is 12.2. The molecular formula is C16H11NO6-2. The second kappa shape index (κ2) is 6.61. The molecule has 1 N–H and O–H groups in total. The number of aromatic carboxylic acids is 2. The van der Waals surface area contributed by atoms with Gasteiger partial charge < -0.3 is 29.9 Å². The second-order valence-electron chi connectivity index (χ2n) is 4.53. The molecule has 0 aliphatic heterocycles. The predicted octanol–water partition coefficient (Wildman–Crippen LogP) is -0.326. The molecule has 0 atom stereocenters. The number of anilines is 1. The first-order chi connectivity index (χ1) is 10.9. The molecule has 2 aromatic rings. The van der Waals surface area contributed by atoms with Crippen LogP contribution in [0.5, 0.6) is 5.75 Å². The molecule has 1 amide bonds. The Morgan fingerprint density at radius 1 is 0.957 bits per heavy atom. The van der Waals surface area contributed by atoms with Crippen LogP contribution in [0.3, 0.4) is 0 Å². The van der Waals surface area contributed by atoms with Crippen LogP contribution in [0.15, 0.2) is 42.5 Å². The number of amides is 1. The lowest BCUT2D eigenvalue weighted by Crippen LogP contribution is -2.26. The fraction of sp³-hybridized carbons (Fsp3) is 0.0625. The van der Waals surface area contributed by atoms with Crippen molar-refractivity contribution in [3.8, 4) is 5.75 Å². The Morgan fingerprint density at radius 3 is 2.04 bits per heavy atom. The fourth-order valence-electron chi connectivity index (χ4n) is 1.97. The van der Waals surface area contributed by atoms with Gasteiger partial charge in [-0.1, -0.05) is 12.1 Å². The summed E-state index contributed by atoms with van der Waals surface area (Å²) in [4.78, 5) is 34.1. The van der Waals surface area contributed by atoms with E-state index in [0.717, 1.165) is 18.2 Å². The number of carbonyl (C=O) groups excluding carboxylic acids is 3. The number of hydrogen-bond acceptors (Lipinski definition) is 6. The number of hydrogen-bond donors (Lipinski definition) is 1. The Balaban J connectivity index is 2.37. The van der Waals surface area contributed by atoms with Crippen molar-refractivity contribution in [2.75, 3.05) is 12.4 Å². The molecule has 23 heavy (non-hydrogen) atoms. The summed E-state index contributed by atoms with van der Waals surface area (Å²) in [6.07, 6.45) is 0. The van der Waals surface area contributed by atoms with Crippen LogP contribution in [0.1, 0.15) is 31.1 Å². The first-order valence-corrected chi connectivity index (χ1v) is 6.44. The van der Waals surface area contributed by atoms with Crippen molar-refractivity contribution in [1.29, 1.82) is 0 Å². The highest BCUT2D eigenvalue weighted by atomic mass is 16.5. The summed E-state index contributed by atoms with van der Waals surface area (Å²) in [5.41, 5.74) is -0.574. The van der Waals surface area contributed by atoms with Crippen LogP contribution in [-0.4, -0.2) is 25.0 Å². The van der Waals surface area contributed by atoms with E-state index in [0.29, 0.717) is 5.75 Å². The zero-order valence-corrected chi connectivity index (χ0v) is 12.0. The number of benzene rings is 2. The summed E-state index contributed by atoms with van der Waals surface area (Å²) in [6.45, 7) is 0. The summed E-state index contributed by atoms with van der Waals surface area (Å²) in [6, 6.07) is 9.48. The normalized spacial score (nSPS) is 9.96. The predicted molar refractivity (Wildman–Crippen MR) is 76.1 cm³/mol. The maximum absolute atomic E-state index is 12.2. The van der Waals surface area contributed by atoms with Crippen LogP contribution in [0.2, 0.25) is 0 Å². The average molecular weight is 313 g/mol. The number of carbonyl (C=O) groups is 3. The lowest BCUT2D eigenvalue weighted by atomic mass is 10.1. The molecule has 7 heteroatoms. The van der Waals surface area contributed by atoms with Crippen LogP contribution >= 0.6 is 0 Å². The smallest absolute Gasteiger partial charge is 0.259 e. The first-order valence-electron chi connectivity index (χ1n) is 6.44. The van der Waals surface area contributed by atoms with Gasteiger partial charge in [-0.05, 0) is 41.5 Å². The summed E-state index contributed by atoms with van der Waals surface area (Å²) >= 11 is 0. The molecule has 0 radical (unpaired) electrons. The summed E-state index contributed by atoms with van der Waals surface area (Å²) < 4.78 is 5.06. The molecule has 0 aliphatic carbocycles. The standard InChI is InChI=1S/C16H13NO6/c1-23-13-5-3-2-4-12(13)14(18)17-11-7-9(15(19)20)6-10(8-11)16(21)22/h2-8H,1H3,(H,17,18)(H,19,20)(H,21,22)/p-2. The van der Waals surface area contributed by atoms with Gasteiger partial charge in [-0.2, -0.15) is 0 Å². The van der Waals surface area contributed by atoms with Crippen molar-refractivity contribution in [2.24, 2.45) is 0 Å². The van der Waals surface area contributed by atoms with Crippen molar-refractivity contribution >= 4 is 23.5 Å². The first kappa shape index (κ1) is 16.0. The Kier molecular flexibility index (Phi) is 4.61. The number of carboxylic acids is 2. The van der Waals surface area contributed by atoms with Gasteiger partial charge in [0.05, 0.1) is 24.6 Å². The van der Waals surface area contributed by atoms with Crippen LogP contribution < -0.4 is 20.3 Å². The zero-order valence-electron chi connectivity index (χ0n) is 12.0. The molecule has 0 saturated carbocycles. The van der Waals surface area contributed by atoms with Crippen LogP contribution in [0, 0.1) is 0 Å². The third-order valence-electron chi connectivity index (χ3n) is 3.01. The molecule has 0 heterocycles. The lowest BCUT2D eigenvalue weighted by Gasteiger charge is -2.13. The summed E-state index contributed by atoms with van der Waals surface area (Å²) in [7, 11) is 1.40. The minimum Gasteiger partial charge on any atom is -0.545 e. The van der Waals surface area contributed by atoms with Crippen molar-refractivity contribution in [1.82, 2.24) is 0 Å². The molecule has 0 aliphatic rings. The highest BCUT2D eigenvalue weighted by Gasteiger charge is 2.13. The minimum atomic E-state index is -1.57. The van der Waals surface area contributed by atoms with Crippen molar-refractivity contribution in [3.63, 3.8) is 0 Å².